The van der Waals surface area contributed by atoms with Crippen LogP contribution in [0.25, 0.3) is 0 Å². The van der Waals surface area contributed by atoms with E-state index in [-0.39, 0.29) is 17.5 Å². The van der Waals surface area contributed by atoms with Gasteiger partial charge in [-0.1, -0.05) is 24.3 Å². The van der Waals surface area contributed by atoms with Crippen molar-refractivity contribution in [2.45, 2.75) is 13.8 Å². The number of hydrogen-bond donors (Lipinski definition) is 2. The first kappa shape index (κ1) is 19.0. The Morgan fingerprint density at radius 3 is 2.00 bits per heavy atom. The molecule has 0 bridgehead atoms. The molecule has 0 fully saturated rings. The molecule has 0 aliphatic heterocycles. The third-order valence-electron chi connectivity index (χ3n) is 4.09. The molecule has 0 spiro atoms. The maximum atomic E-state index is 12.5. The van der Waals surface area contributed by atoms with Gasteiger partial charge in [-0.3, -0.25) is 14.4 Å². The standard InChI is InChI=1S/C22H19N3O3/c1-14(26)16-5-3-7-19(11-16)24-21-13-18(9-10-23-21)22(28)25-20-8-4-6-17(12-20)15(2)27/h3-13H,1-2H3,(H,23,24)(H,25,28). The van der Waals surface area contributed by atoms with Crippen molar-refractivity contribution in [1.82, 2.24) is 4.98 Å². The first-order chi connectivity index (χ1) is 13.4. The number of benzene rings is 2. The van der Waals surface area contributed by atoms with Crippen LogP contribution >= 0.6 is 0 Å². The summed E-state index contributed by atoms with van der Waals surface area (Å²) >= 11 is 0. The minimum absolute atomic E-state index is 0.0301. The second-order valence-corrected chi connectivity index (χ2v) is 6.28. The van der Waals surface area contributed by atoms with Gasteiger partial charge in [0.1, 0.15) is 5.82 Å². The molecule has 0 radical (unpaired) electrons. The maximum Gasteiger partial charge on any atom is 0.255 e. The third-order valence-corrected chi connectivity index (χ3v) is 4.09. The summed E-state index contributed by atoms with van der Waals surface area (Å²) in [6.45, 7) is 2.98. The fourth-order valence-electron chi connectivity index (χ4n) is 2.62. The first-order valence-electron chi connectivity index (χ1n) is 8.69. The molecule has 0 saturated carbocycles. The monoisotopic (exact) mass is 373 g/mol. The second-order valence-electron chi connectivity index (χ2n) is 6.28. The molecule has 140 valence electrons. The molecule has 1 amide bonds. The molecule has 3 aromatic rings. The molecule has 0 aliphatic carbocycles. The molecule has 1 heterocycles. The van der Waals surface area contributed by atoms with E-state index >= 15 is 0 Å². The van der Waals surface area contributed by atoms with Gasteiger partial charge in [0.2, 0.25) is 0 Å². The van der Waals surface area contributed by atoms with E-state index in [2.05, 4.69) is 15.6 Å². The summed E-state index contributed by atoms with van der Waals surface area (Å²) in [6, 6.07) is 17.0. The van der Waals surface area contributed by atoms with E-state index in [0.717, 1.165) is 0 Å². The highest BCUT2D eigenvalue weighted by Crippen LogP contribution is 2.18. The second kappa shape index (κ2) is 8.26. The van der Waals surface area contributed by atoms with Gasteiger partial charge in [-0.25, -0.2) is 4.98 Å². The van der Waals surface area contributed by atoms with Gasteiger partial charge in [0.05, 0.1) is 0 Å². The van der Waals surface area contributed by atoms with Crippen LogP contribution in [0.3, 0.4) is 0 Å². The topological polar surface area (TPSA) is 88.2 Å². The average molecular weight is 373 g/mol. The highest BCUT2D eigenvalue weighted by molar-refractivity contribution is 6.05. The average Bonchev–Trinajstić information content (AvgIpc) is 2.68. The predicted octanol–water partition coefficient (Wildman–Crippen LogP) is 4.48. The first-order valence-corrected chi connectivity index (χ1v) is 8.69. The fraction of sp³-hybridized carbons (Fsp3) is 0.0909. The summed E-state index contributed by atoms with van der Waals surface area (Å²) in [5, 5.41) is 5.87. The highest BCUT2D eigenvalue weighted by atomic mass is 16.1. The van der Waals surface area contributed by atoms with E-state index in [1.807, 2.05) is 6.07 Å². The Kier molecular flexibility index (Phi) is 5.60. The lowest BCUT2D eigenvalue weighted by Crippen LogP contribution is -2.12. The molecule has 28 heavy (non-hydrogen) atoms. The Morgan fingerprint density at radius 2 is 1.36 bits per heavy atom. The molecule has 6 nitrogen and oxygen atoms in total. The number of nitrogens with zero attached hydrogens (tertiary/aromatic N) is 1. The van der Waals surface area contributed by atoms with E-state index in [1.54, 1.807) is 54.6 Å². The zero-order valence-corrected chi connectivity index (χ0v) is 15.5. The molecule has 6 heteroatoms. The van der Waals surface area contributed by atoms with Crippen LogP contribution in [0.15, 0.2) is 66.9 Å². The highest BCUT2D eigenvalue weighted by Gasteiger charge is 2.09. The largest absolute Gasteiger partial charge is 0.340 e. The number of amides is 1. The SMILES string of the molecule is CC(=O)c1cccc(NC(=O)c2ccnc(Nc3cccc(C(C)=O)c3)c2)c1. The molecule has 0 unspecified atom stereocenters. The Morgan fingerprint density at radius 1 is 0.750 bits per heavy atom. The van der Waals surface area contributed by atoms with Crippen LogP contribution in [0.2, 0.25) is 0 Å². The fourth-order valence-corrected chi connectivity index (χ4v) is 2.62. The number of anilines is 3. The van der Waals surface area contributed by atoms with E-state index in [4.69, 9.17) is 0 Å². The Bertz CT molecular complexity index is 1060. The maximum absolute atomic E-state index is 12.5. The lowest BCUT2D eigenvalue weighted by atomic mass is 10.1. The van der Waals surface area contributed by atoms with Crippen molar-refractivity contribution >= 4 is 34.7 Å². The minimum Gasteiger partial charge on any atom is -0.340 e. The van der Waals surface area contributed by atoms with Gasteiger partial charge >= 0.3 is 0 Å². The van der Waals surface area contributed by atoms with Crippen molar-refractivity contribution in [3.8, 4) is 0 Å². The summed E-state index contributed by atoms with van der Waals surface area (Å²) in [6.07, 6.45) is 1.53. The number of carbonyl (C=O) groups is 3. The van der Waals surface area contributed by atoms with E-state index in [9.17, 15) is 14.4 Å². The third kappa shape index (κ3) is 4.67. The van der Waals surface area contributed by atoms with Crippen molar-refractivity contribution in [2.75, 3.05) is 10.6 Å². The smallest absolute Gasteiger partial charge is 0.255 e. The van der Waals surface area contributed by atoms with Gasteiger partial charge in [0.15, 0.2) is 11.6 Å². The molecule has 1 aromatic heterocycles. The lowest BCUT2D eigenvalue weighted by molar-refractivity contribution is 0.100. The van der Waals surface area contributed by atoms with Gasteiger partial charge in [0.25, 0.3) is 5.91 Å². The number of Topliss-reactive ketones (excluding diaryl/α,β-unsaturated/α-hetero) is 2. The van der Waals surface area contributed by atoms with Crippen molar-refractivity contribution in [3.63, 3.8) is 0 Å². The van der Waals surface area contributed by atoms with Crippen LogP contribution in [0.4, 0.5) is 17.2 Å². The summed E-state index contributed by atoms with van der Waals surface area (Å²) in [7, 11) is 0. The van der Waals surface area contributed by atoms with Crippen LogP contribution in [0.5, 0.6) is 0 Å². The molecule has 0 atom stereocenters. The van der Waals surface area contributed by atoms with Crippen LogP contribution in [-0.2, 0) is 0 Å². The van der Waals surface area contributed by atoms with Crippen molar-refractivity contribution < 1.29 is 14.4 Å². The van der Waals surface area contributed by atoms with Gasteiger partial charge in [0, 0.05) is 34.3 Å². The normalized spacial score (nSPS) is 10.2. The van der Waals surface area contributed by atoms with Crippen LogP contribution in [0, 0.1) is 0 Å². The lowest BCUT2D eigenvalue weighted by Gasteiger charge is -2.09. The van der Waals surface area contributed by atoms with E-state index < -0.39 is 0 Å². The quantitative estimate of drug-likeness (QED) is 0.622. The number of pyridine rings is 1. The number of aromatic nitrogens is 1. The number of nitrogens with one attached hydrogen (secondary N) is 2. The number of carbonyl (C=O) groups excluding carboxylic acids is 3. The van der Waals surface area contributed by atoms with Crippen LogP contribution in [0.1, 0.15) is 44.9 Å². The summed E-state index contributed by atoms with van der Waals surface area (Å²) in [5.41, 5.74) is 2.77. The van der Waals surface area contributed by atoms with Gasteiger partial charge in [-0.15, -0.1) is 0 Å². The molecule has 3 rings (SSSR count). The van der Waals surface area contributed by atoms with Crippen LogP contribution in [-0.4, -0.2) is 22.5 Å². The Balaban J connectivity index is 1.76. The number of ketones is 2. The molecule has 0 aliphatic rings. The predicted molar refractivity (Wildman–Crippen MR) is 108 cm³/mol. The van der Waals surface area contributed by atoms with E-state index in [1.165, 1.54) is 20.0 Å². The molecule has 0 saturated heterocycles. The molecule has 2 aromatic carbocycles. The molecular weight excluding hydrogens is 354 g/mol. The number of rotatable bonds is 6. The van der Waals surface area contributed by atoms with Gasteiger partial charge < -0.3 is 10.6 Å². The summed E-state index contributed by atoms with van der Waals surface area (Å²) in [5.74, 6) is 0.0614. The van der Waals surface area contributed by atoms with Crippen molar-refractivity contribution in [1.29, 1.82) is 0 Å². The van der Waals surface area contributed by atoms with Gasteiger partial charge in [-0.05, 0) is 50.2 Å². The summed E-state index contributed by atoms with van der Waals surface area (Å²) < 4.78 is 0. The Labute approximate surface area is 162 Å². The minimum atomic E-state index is -0.316. The molecule has 2 N–H and O–H groups in total. The van der Waals surface area contributed by atoms with Crippen molar-refractivity contribution in [3.05, 3.63) is 83.6 Å². The zero-order chi connectivity index (χ0) is 20.1. The Hall–Kier alpha value is -3.80. The van der Waals surface area contributed by atoms with Crippen molar-refractivity contribution in [2.24, 2.45) is 0 Å². The number of hydrogen-bond acceptors (Lipinski definition) is 5. The van der Waals surface area contributed by atoms with Crippen LogP contribution < -0.4 is 10.6 Å². The molecular formula is C22H19N3O3. The van der Waals surface area contributed by atoms with Gasteiger partial charge in [-0.2, -0.15) is 0 Å². The summed E-state index contributed by atoms with van der Waals surface area (Å²) in [4.78, 5) is 39.8. The zero-order valence-electron chi connectivity index (χ0n) is 15.5. The van der Waals surface area contributed by atoms with E-state index in [0.29, 0.717) is 33.9 Å².